The summed E-state index contributed by atoms with van der Waals surface area (Å²) in [6.45, 7) is 5.90. The van der Waals surface area contributed by atoms with Gasteiger partial charge in [-0.2, -0.15) is 0 Å². The van der Waals surface area contributed by atoms with Crippen LogP contribution in [-0.2, 0) is 6.42 Å². The predicted octanol–water partition coefficient (Wildman–Crippen LogP) is 4.27. The van der Waals surface area contributed by atoms with Gasteiger partial charge >= 0.3 is 0 Å². The first kappa shape index (κ1) is 18.6. The molecule has 0 aliphatic carbocycles. The summed E-state index contributed by atoms with van der Waals surface area (Å²) in [6, 6.07) is 12.4. The van der Waals surface area contributed by atoms with Gasteiger partial charge in [-0.1, -0.05) is 30.7 Å². The second-order valence-corrected chi connectivity index (χ2v) is 6.89. The van der Waals surface area contributed by atoms with Gasteiger partial charge in [-0.05, 0) is 59.9 Å². The van der Waals surface area contributed by atoms with Crippen LogP contribution < -0.4 is 10.7 Å². The smallest absolute Gasteiger partial charge is 0.292 e. The van der Waals surface area contributed by atoms with E-state index in [0.717, 1.165) is 28.7 Å². The maximum atomic E-state index is 12.7. The summed E-state index contributed by atoms with van der Waals surface area (Å²) in [7, 11) is 0. The van der Waals surface area contributed by atoms with Gasteiger partial charge in [0.1, 0.15) is 5.58 Å². The van der Waals surface area contributed by atoms with Gasteiger partial charge in [0, 0.05) is 11.6 Å². The van der Waals surface area contributed by atoms with Crippen molar-refractivity contribution in [3.63, 3.8) is 0 Å². The maximum absolute atomic E-state index is 12.7. The lowest BCUT2D eigenvalue weighted by atomic mass is 10.0. The van der Waals surface area contributed by atoms with Crippen molar-refractivity contribution in [2.24, 2.45) is 0 Å². The Bertz CT molecular complexity index is 1290. The molecular formula is C22H19N3O4. The van der Waals surface area contributed by atoms with Gasteiger partial charge in [0.15, 0.2) is 16.9 Å². The third-order valence-electron chi connectivity index (χ3n) is 4.79. The summed E-state index contributed by atoms with van der Waals surface area (Å²) in [5.41, 5.74) is 4.31. The number of nitrogens with one attached hydrogen (secondary N) is 1. The van der Waals surface area contributed by atoms with Crippen LogP contribution in [0.1, 0.15) is 34.2 Å². The number of anilines is 1. The molecule has 4 aromatic rings. The van der Waals surface area contributed by atoms with Crippen molar-refractivity contribution in [2.45, 2.75) is 27.2 Å². The molecular weight excluding hydrogens is 370 g/mol. The van der Waals surface area contributed by atoms with E-state index in [1.165, 1.54) is 6.07 Å². The third-order valence-corrected chi connectivity index (χ3v) is 4.79. The summed E-state index contributed by atoms with van der Waals surface area (Å²) < 4.78 is 10.5. The van der Waals surface area contributed by atoms with Crippen molar-refractivity contribution < 1.29 is 13.8 Å². The maximum Gasteiger partial charge on any atom is 0.292 e. The molecule has 1 N–H and O–H groups in total. The minimum Gasteiger partial charge on any atom is -0.451 e. The topological polar surface area (TPSA) is 98.2 Å². The zero-order chi connectivity index (χ0) is 20.5. The lowest BCUT2D eigenvalue weighted by molar-refractivity contribution is 0.0996. The Kier molecular flexibility index (Phi) is 4.72. The molecule has 2 heterocycles. The van der Waals surface area contributed by atoms with Crippen molar-refractivity contribution in [2.75, 3.05) is 5.32 Å². The number of carbonyl (C=O) groups is 1. The lowest BCUT2D eigenvalue weighted by Gasteiger charge is -2.07. The first-order chi connectivity index (χ1) is 14.0. The second kappa shape index (κ2) is 7.35. The van der Waals surface area contributed by atoms with Gasteiger partial charge in [-0.25, -0.2) is 4.63 Å². The van der Waals surface area contributed by atoms with Crippen LogP contribution in [0, 0.1) is 13.8 Å². The van der Waals surface area contributed by atoms with Crippen molar-refractivity contribution in [3.05, 3.63) is 75.1 Å². The molecule has 0 bridgehead atoms. The van der Waals surface area contributed by atoms with E-state index in [4.69, 9.17) is 9.05 Å². The molecule has 146 valence electrons. The van der Waals surface area contributed by atoms with Gasteiger partial charge in [0.2, 0.25) is 5.82 Å². The van der Waals surface area contributed by atoms with Crippen molar-refractivity contribution in [1.82, 2.24) is 10.3 Å². The fourth-order valence-electron chi connectivity index (χ4n) is 3.14. The Labute approximate surface area is 166 Å². The number of amides is 1. The van der Waals surface area contributed by atoms with Gasteiger partial charge < -0.3 is 4.42 Å². The highest BCUT2D eigenvalue weighted by atomic mass is 16.6. The van der Waals surface area contributed by atoms with E-state index < -0.39 is 5.91 Å². The van der Waals surface area contributed by atoms with Gasteiger partial charge in [-0.3, -0.25) is 14.9 Å². The molecule has 0 saturated heterocycles. The zero-order valence-corrected chi connectivity index (χ0v) is 16.3. The lowest BCUT2D eigenvalue weighted by Crippen LogP contribution is -2.15. The van der Waals surface area contributed by atoms with Crippen molar-refractivity contribution in [3.8, 4) is 11.3 Å². The molecule has 2 aromatic heterocycles. The fourth-order valence-corrected chi connectivity index (χ4v) is 3.14. The molecule has 29 heavy (non-hydrogen) atoms. The Morgan fingerprint density at radius 2 is 1.90 bits per heavy atom. The second-order valence-electron chi connectivity index (χ2n) is 6.89. The molecule has 0 aliphatic heterocycles. The summed E-state index contributed by atoms with van der Waals surface area (Å²) in [4.78, 5) is 25.2. The summed E-state index contributed by atoms with van der Waals surface area (Å²) >= 11 is 0. The van der Waals surface area contributed by atoms with Crippen LogP contribution in [0.3, 0.4) is 0 Å². The van der Waals surface area contributed by atoms with Gasteiger partial charge in [-0.15, -0.1) is 0 Å². The Balaban J connectivity index is 1.68. The number of aromatic nitrogens is 2. The normalized spacial score (nSPS) is 11.0. The molecule has 2 aromatic carbocycles. The number of hydrogen-bond acceptors (Lipinski definition) is 6. The summed E-state index contributed by atoms with van der Waals surface area (Å²) in [6.07, 6.45) is 0.804. The highest BCUT2D eigenvalue weighted by Gasteiger charge is 2.20. The van der Waals surface area contributed by atoms with E-state index in [1.807, 2.05) is 45.0 Å². The van der Waals surface area contributed by atoms with Crippen molar-refractivity contribution in [1.29, 1.82) is 0 Å². The molecule has 0 saturated carbocycles. The van der Waals surface area contributed by atoms with Crippen LogP contribution in [-0.4, -0.2) is 16.2 Å². The quantitative estimate of drug-likeness (QED) is 0.559. The van der Waals surface area contributed by atoms with E-state index in [1.54, 1.807) is 12.1 Å². The standard InChI is InChI=1S/C22H19N3O4/c1-4-14-7-8-18-16(10-14)17(26)11-19(28-18)22(27)23-21-20(24-29-25-21)15-9-12(2)5-6-13(15)3/h5-11H,4H2,1-3H3,(H,23,25,27). The van der Waals surface area contributed by atoms with E-state index in [2.05, 4.69) is 15.6 Å². The third kappa shape index (κ3) is 3.54. The molecule has 1 amide bonds. The van der Waals surface area contributed by atoms with E-state index in [-0.39, 0.29) is 17.0 Å². The highest BCUT2D eigenvalue weighted by Crippen LogP contribution is 2.28. The van der Waals surface area contributed by atoms with Crippen LogP contribution in [0.2, 0.25) is 0 Å². The average Bonchev–Trinajstić information content (AvgIpc) is 3.17. The van der Waals surface area contributed by atoms with Crippen LogP contribution in [0.25, 0.3) is 22.2 Å². The molecule has 7 heteroatoms. The number of hydrogen-bond donors (Lipinski definition) is 1. The predicted molar refractivity (Wildman–Crippen MR) is 109 cm³/mol. The number of benzene rings is 2. The van der Waals surface area contributed by atoms with Gasteiger partial charge in [0.05, 0.1) is 5.39 Å². The summed E-state index contributed by atoms with van der Waals surface area (Å²) in [5, 5.41) is 10.8. The van der Waals surface area contributed by atoms with E-state index >= 15 is 0 Å². The van der Waals surface area contributed by atoms with Crippen LogP contribution in [0.15, 0.2) is 56.3 Å². The number of aryl methyl sites for hydroxylation is 3. The Morgan fingerprint density at radius 1 is 1.07 bits per heavy atom. The molecule has 0 aliphatic rings. The Hall–Kier alpha value is -3.74. The first-order valence-corrected chi connectivity index (χ1v) is 9.24. The number of carbonyl (C=O) groups excluding carboxylic acids is 1. The molecule has 4 rings (SSSR count). The average molecular weight is 389 g/mol. The van der Waals surface area contributed by atoms with E-state index in [0.29, 0.717) is 16.7 Å². The van der Waals surface area contributed by atoms with E-state index in [9.17, 15) is 9.59 Å². The van der Waals surface area contributed by atoms with Crippen molar-refractivity contribution >= 4 is 22.7 Å². The van der Waals surface area contributed by atoms with Crippen LogP contribution >= 0.6 is 0 Å². The van der Waals surface area contributed by atoms with Gasteiger partial charge in [0.25, 0.3) is 5.91 Å². The minimum absolute atomic E-state index is 0.110. The first-order valence-electron chi connectivity index (χ1n) is 9.24. The Morgan fingerprint density at radius 3 is 2.69 bits per heavy atom. The monoisotopic (exact) mass is 389 g/mol. The molecule has 0 unspecified atom stereocenters. The highest BCUT2D eigenvalue weighted by molar-refractivity contribution is 6.04. The zero-order valence-electron chi connectivity index (χ0n) is 16.3. The molecule has 7 nitrogen and oxygen atoms in total. The van der Waals surface area contributed by atoms with Crippen LogP contribution in [0.5, 0.6) is 0 Å². The largest absolute Gasteiger partial charge is 0.451 e. The molecule has 0 atom stereocenters. The molecule has 0 spiro atoms. The molecule has 0 radical (unpaired) electrons. The van der Waals surface area contributed by atoms with Crippen LogP contribution in [0.4, 0.5) is 5.82 Å². The molecule has 0 fully saturated rings. The summed E-state index contributed by atoms with van der Waals surface area (Å²) in [5.74, 6) is -0.555. The number of rotatable bonds is 4. The fraction of sp³-hybridized carbons (Fsp3) is 0.182. The SMILES string of the molecule is CCc1ccc2oc(C(=O)Nc3nonc3-c3cc(C)ccc3C)cc(=O)c2c1. The number of fused-ring (bicyclic) bond motifs is 1. The minimum atomic E-state index is -0.606. The number of nitrogens with zero attached hydrogens (tertiary/aromatic N) is 2.